The van der Waals surface area contributed by atoms with Gasteiger partial charge in [-0.3, -0.25) is 0 Å². The molecule has 19 heavy (non-hydrogen) atoms. The summed E-state index contributed by atoms with van der Waals surface area (Å²) in [6.07, 6.45) is 0.521. The molecule has 0 aliphatic heterocycles. The summed E-state index contributed by atoms with van der Waals surface area (Å²) in [7, 11) is 1.92. The monoisotopic (exact) mass is 262 g/mol. The summed E-state index contributed by atoms with van der Waals surface area (Å²) in [6, 6.07) is 11.2. The van der Waals surface area contributed by atoms with Crippen molar-refractivity contribution in [3.8, 4) is 0 Å². The van der Waals surface area contributed by atoms with Crippen LogP contribution in [0.4, 0.5) is 20.2 Å². The van der Waals surface area contributed by atoms with Crippen LogP contribution in [-0.4, -0.2) is 13.6 Å². The van der Waals surface area contributed by atoms with E-state index in [1.54, 1.807) is 0 Å². The second kappa shape index (κ2) is 5.69. The topological polar surface area (TPSA) is 29.3 Å². The van der Waals surface area contributed by atoms with Crippen LogP contribution in [0.1, 0.15) is 5.56 Å². The molecule has 2 N–H and O–H groups in total. The molecule has 0 amide bonds. The number of nitrogen functional groups attached to an aromatic ring is 1. The molecule has 4 heteroatoms. The van der Waals surface area contributed by atoms with Crippen LogP contribution < -0.4 is 10.6 Å². The minimum Gasteiger partial charge on any atom is -0.399 e. The normalized spacial score (nSPS) is 10.5. The number of hydrogen-bond donors (Lipinski definition) is 1. The van der Waals surface area contributed by atoms with E-state index >= 15 is 0 Å². The Labute approximate surface area is 111 Å². The van der Waals surface area contributed by atoms with Crippen molar-refractivity contribution in [2.24, 2.45) is 0 Å². The smallest absolute Gasteiger partial charge is 0.129 e. The Kier molecular flexibility index (Phi) is 4.00. The third-order valence-corrected chi connectivity index (χ3v) is 3.07. The third-order valence-electron chi connectivity index (χ3n) is 3.07. The quantitative estimate of drug-likeness (QED) is 0.857. The molecule has 0 unspecified atom stereocenters. The molecule has 0 radical (unpaired) electrons. The predicted octanol–water partition coefficient (Wildman–Crippen LogP) is 3.23. The number of hydrogen-bond acceptors (Lipinski definition) is 2. The number of benzene rings is 2. The average molecular weight is 262 g/mol. The highest BCUT2D eigenvalue weighted by Gasteiger charge is 2.06. The van der Waals surface area contributed by atoms with Crippen molar-refractivity contribution in [3.63, 3.8) is 0 Å². The SMILES string of the molecule is CN(CCc1ccc(F)cc1F)c1ccc(N)cc1. The van der Waals surface area contributed by atoms with Crippen molar-refractivity contribution in [2.45, 2.75) is 6.42 Å². The van der Waals surface area contributed by atoms with Gasteiger partial charge >= 0.3 is 0 Å². The summed E-state index contributed by atoms with van der Waals surface area (Å²) in [5, 5.41) is 0. The second-order valence-corrected chi connectivity index (χ2v) is 4.50. The van der Waals surface area contributed by atoms with Crippen molar-refractivity contribution < 1.29 is 8.78 Å². The third kappa shape index (κ3) is 3.44. The van der Waals surface area contributed by atoms with E-state index in [-0.39, 0.29) is 0 Å². The Morgan fingerprint density at radius 2 is 1.74 bits per heavy atom. The van der Waals surface area contributed by atoms with Gasteiger partial charge in [-0.15, -0.1) is 0 Å². The van der Waals surface area contributed by atoms with Gasteiger partial charge in [0.1, 0.15) is 11.6 Å². The number of nitrogens with two attached hydrogens (primary N) is 1. The zero-order chi connectivity index (χ0) is 13.8. The van der Waals surface area contributed by atoms with E-state index in [1.165, 1.54) is 12.1 Å². The summed E-state index contributed by atoms with van der Waals surface area (Å²) in [4.78, 5) is 2.00. The van der Waals surface area contributed by atoms with E-state index in [9.17, 15) is 8.78 Å². The van der Waals surface area contributed by atoms with Gasteiger partial charge in [-0.25, -0.2) is 8.78 Å². The molecule has 2 aromatic carbocycles. The van der Waals surface area contributed by atoms with E-state index in [2.05, 4.69) is 0 Å². The molecule has 0 saturated heterocycles. The highest BCUT2D eigenvalue weighted by molar-refractivity contribution is 5.52. The Morgan fingerprint density at radius 3 is 2.37 bits per heavy atom. The van der Waals surface area contributed by atoms with Crippen molar-refractivity contribution in [1.29, 1.82) is 0 Å². The highest BCUT2D eigenvalue weighted by Crippen LogP contribution is 2.16. The summed E-state index contributed by atoms with van der Waals surface area (Å²) in [5.41, 5.74) is 7.86. The Morgan fingerprint density at radius 1 is 1.05 bits per heavy atom. The summed E-state index contributed by atoms with van der Waals surface area (Å²) < 4.78 is 26.3. The first-order valence-corrected chi connectivity index (χ1v) is 6.07. The van der Waals surface area contributed by atoms with Gasteiger partial charge in [-0.1, -0.05) is 6.07 Å². The van der Waals surface area contributed by atoms with Crippen LogP contribution in [0.3, 0.4) is 0 Å². The number of likely N-dealkylation sites (N-methyl/N-ethyl adjacent to an activating group) is 1. The lowest BCUT2D eigenvalue weighted by molar-refractivity contribution is 0.571. The molecule has 0 fully saturated rings. The molecule has 100 valence electrons. The van der Waals surface area contributed by atoms with Crippen LogP contribution in [0.15, 0.2) is 42.5 Å². The van der Waals surface area contributed by atoms with E-state index < -0.39 is 11.6 Å². The van der Waals surface area contributed by atoms with Crippen LogP contribution >= 0.6 is 0 Å². The summed E-state index contributed by atoms with van der Waals surface area (Å²) >= 11 is 0. The van der Waals surface area contributed by atoms with Gasteiger partial charge in [-0.05, 0) is 42.3 Å². The molecular weight excluding hydrogens is 246 g/mol. The van der Waals surface area contributed by atoms with Crippen LogP contribution in [0.5, 0.6) is 0 Å². The number of anilines is 2. The zero-order valence-corrected chi connectivity index (χ0v) is 10.7. The fourth-order valence-electron chi connectivity index (χ4n) is 1.87. The molecule has 0 bridgehead atoms. The predicted molar refractivity (Wildman–Crippen MR) is 74.2 cm³/mol. The molecular formula is C15H16F2N2. The van der Waals surface area contributed by atoms with Gasteiger partial charge in [0.05, 0.1) is 0 Å². The van der Waals surface area contributed by atoms with Gasteiger partial charge in [0.15, 0.2) is 0 Å². The van der Waals surface area contributed by atoms with Crippen molar-refractivity contribution in [2.75, 3.05) is 24.2 Å². The Hall–Kier alpha value is -2.10. The van der Waals surface area contributed by atoms with Gasteiger partial charge < -0.3 is 10.6 Å². The lowest BCUT2D eigenvalue weighted by Crippen LogP contribution is -2.20. The minimum atomic E-state index is -0.548. The van der Waals surface area contributed by atoms with Crippen molar-refractivity contribution in [3.05, 3.63) is 59.7 Å². The van der Waals surface area contributed by atoms with Gasteiger partial charge in [0.25, 0.3) is 0 Å². The van der Waals surface area contributed by atoms with Gasteiger partial charge in [0, 0.05) is 31.0 Å². The standard InChI is InChI=1S/C15H16F2N2/c1-19(14-6-4-13(18)5-7-14)9-8-11-2-3-12(16)10-15(11)17/h2-7,10H,8-9,18H2,1H3. The molecule has 0 aliphatic rings. The van der Waals surface area contributed by atoms with Crippen LogP contribution in [0.25, 0.3) is 0 Å². The molecule has 0 aliphatic carbocycles. The zero-order valence-electron chi connectivity index (χ0n) is 10.7. The Bertz CT molecular complexity index is 553. The molecule has 0 saturated carbocycles. The van der Waals surface area contributed by atoms with E-state index in [0.29, 0.717) is 24.2 Å². The average Bonchev–Trinajstić information content (AvgIpc) is 2.38. The maximum absolute atomic E-state index is 13.5. The first-order valence-electron chi connectivity index (χ1n) is 6.07. The second-order valence-electron chi connectivity index (χ2n) is 4.50. The van der Waals surface area contributed by atoms with Crippen LogP contribution in [-0.2, 0) is 6.42 Å². The first kappa shape index (κ1) is 13.3. The Balaban J connectivity index is 2.00. The molecule has 0 spiro atoms. The fourth-order valence-corrected chi connectivity index (χ4v) is 1.87. The maximum Gasteiger partial charge on any atom is 0.129 e. The fraction of sp³-hybridized carbons (Fsp3) is 0.200. The lowest BCUT2D eigenvalue weighted by atomic mass is 10.1. The largest absolute Gasteiger partial charge is 0.399 e. The van der Waals surface area contributed by atoms with Crippen molar-refractivity contribution >= 4 is 11.4 Å². The van der Waals surface area contributed by atoms with Gasteiger partial charge in [0.2, 0.25) is 0 Å². The number of rotatable bonds is 4. The highest BCUT2D eigenvalue weighted by atomic mass is 19.1. The van der Waals surface area contributed by atoms with E-state index in [0.717, 1.165) is 11.8 Å². The molecule has 2 nitrogen and oxygen atoms in total. The molecule has 0 aromatic heterocycles. The maximum atomic E-state index is 13.5. The minimum absolute atomic E-state index is 0.495. The van der Waals surface area contributed by atoms with E-state index in [4.69, 9.17) is 5.73 Å². The first-order chi connectivity index (χ1) is 9.06. The molecule has 2 rings (SSSR count). The van der Waals surface area contributed by atoms with Crippen LogP contribution in [0, 0.1) is 11.6 Å². The van der Waals surface area contributed by atoms with Crippen molar-refractivity contribution in [1.82, 2.24) is 0 Å². The van der Waals surface area contributed by atoms with Crippen LogP contribution in [0.2, 0.25) is 0 Å². The molecule has 0 heterocycles. The lowest BCUT2D eigenvalue weighted by Gasteiger charge is -2.19. The molecule has 2 aromatic rings. The number of halogens is 2. The summed E-state index contributed by atoms with van der Waals surface area (Å²) in [5.74, 6) is -1.04. The number of nitrogens with zero attached hydrogens (tertiary/aromatic N) is 1. The summed E-state index contributed by atoms with van der Waals surface area (Å²) in [6.45, 7) is 0.645. The van der Waals surface area contributed by atoms with E-state index in [1.807, 2.05) is 36.2 Å². The van der Waals surface area contributed by atoms with Gasteiger partial charge in [-0.2, -0.15) is 0 Å². The molecule has 0 atom stereocenters.